The molecule has 0 unspecified atom stereocenters. The lowest BCUT2D eigenvalue weighted by Crippen LogP contribution is -2.29. The van der Waals surface area contributed by atoms with Gasteiger partial charge in [0.1, 0.15) is 12.4 Å². The summed E-state index contributed by atoms with van der Waals surface area (Å²) in [7, 11) is -0.397. The van der Waals surface area contributed by atoms with E-state index in [-0.39, 0.29) is 28.9 Å². The van der Waals surface area contributed by atoms with Crippen LogP contribution in [0.15, 0.2) is 77.8 Å². The maximum atomic E-state index is 13.6. The molecular weight excluding hydrogens is 582 g/mol. The zero-order chi connectivity index (χ0) is 31.8. The normalized spacial score (nSPS) is 11.4. The third kappa shape index (κ3) is 6.14. The fraction of sp³-hybridized carbons (Fsp3) is 0.194. The number of benzene rings is 3. The summed E-state index contributed by atoms with van der Waals surface area (Å²) in [5, 5.41) is 11.1. The maximum Gasteiger partial charge on any atom is 0.421 e. The molecule has 0 aliphatic rings. The predicted octanol–water partition coefficient (Wildman–Crippen LogP) is 5.07. The average Bonchev–Trinajstić information content (AvgIpc) is 3.28. The second kappa shape index (κ2) is 11.9. The Morgan fingerprint density at radius 2 is 1.68 bits per heavy atom. The van der Waals surface area contributed by atoms with Crippen molar-refractivity contribution < 1.29 is 22.7 Å². The first kappa shape index (κ1) is 30.3. The van der Waals surface area contributed by atoms with Crippen LogP contribution in [0.5, 0.6) is 0 Å². The molecule has 3 aromatic carbocycles. The summed E-state index contributed by atoms with van der Waals surface area (Å²) in [5.74, 6) is 0.325. The molecule has 0 fully saturated rings. The summed E-state index contributed by atoms with van der Waals surface area (Å²) in [5.41, 5.74) is 4.39. The van der Waals surface area contributed by atoms with Crippen molar-refractivity contribution in [3.05, 3.63) is 95.3 Å². The van der Waals surface area contributed by atoms with E-state index in [1.165, 1.54) is 25.3 Å². The van der Waals surface area contributed by atoms with E-state index in [1.807, 2.05) is 48.8 Å². The molecule has 0 radical (unpaired) electrons. The van der Waals surface area contributed by atoms with E-state index < -0.39 is 16.1 Å². The molecule has 13 heteroatoms. The number of ketones is 1. The van der Waals surface area contributed by atoms with Crippen LogP contribution in [0.4, 0.5) is 27.9 Å². The Hall–Kier alpha value is -5.14. The Kier molecular flexibility index (Phi) is 8.17. The molecule has 0 bridgehead atoms. The van der Waals surface area contributed by atoms with Crippen LogP contribution in [-0.2, 0) is 28.4 Å². The number of carbonyl (C=O) groups excluding carboxylic acids is 2. The Balaban J connectivity index is 1.51. The molecule has 0 atom stereocenters. The zero-order valence-corrected chi connectivity index (χ0v) is 25.7. The lowest BCUT2D eigenvalue weighted by atomic mass is 10.1. The number of fused-ring (bicyclic) bond motifs is 1. The van der Waals surface area contributed by atoms with Crippen molar-refractivity contribution >= 4 is 55.9 Å². The number of amides is 1. The van der Waals surface area contributed by atoms with Gasteiger partial charge in [0.15, 0.2) is 5.78 Å². The van der Waals surface area contributed by atoms with Crippen molar-refractivity contribution in [2.24, 2.45) is 12.2 Å². The number of rotatable bonds is 8. The number of primary sulfonamides is 1. The SMILES string of the molecule is CC(=O)c1ccc(COC(=O)N(c2ccc(C)c(S(N)(=O)=O)c2)c2nccc(N(C)c3ccc4c(C)n(C)nc4c3)n2)cc1. The van der Waals surface area contributed by atoms with Crippen molar-refractivity contribution in [1.82, 2.24) is 19.7 Å². The van der Waals surface area contributed by atoms with Gasteiger partial charge in [-0.05, 0) is 68.3 Å². The van der Waals surface area contributed by atoms with Crippen LogP contribution in [-0.4, -0.2) is 47.1 Å². The summed E-state index contributed by atoms with van der Waals surface area (Å²) < 4.78 is 32.1. The van der Waals surface area contributed by atoms with Crippen LogP contribution >= 0.6 is 0 Å². The fourth-order valence-corrected chi connectivity index (χ4v) is 5.48. The molecule has 0 aliphatic heterocycles. The molecule has 44 heavy (non-hydrogen) atoms. The number of carbonyl (C=O) groups is 2. The number of nitrogens with zero attached hydrogens (tertiary/aromatic N) is 6. The Bertz CT molecular complexity index is 2010. The summed E-state index contributed by atoms with van der Waals surface area (Å²) in [6.45, 7) is 4.94. The number of aryl methyl sites for hydroxylation is 3. The van der Waals surface area contributed by atoms with E-state index in [0.717, 1.165) is 27.2 Å². The predicted molar refractivity (Wildman–Crippen MR) is 167 cm³/mol. The first-order valence-corrected chi connectivity index (χ1v) is 15.1. The second-order valence-corrected chi connectivity index (χ2v) is 11.9. The van der Waals surface area contributed by atoms with E-state index in [2.05, 4.69) is 15.1 Å². The van der Waals surface area contributed by atoms with Gasteiger partial charge in [0.05, 0.1) is 16.1 Å². The number of anilines is 4. The van der Waals surface area contributed by atoms with Crippen molar-refractivity contribution in [3.63, 3.8) is 0 Å². The quantitative estimate of drug-likeness (QED) is 0.236. The van der Waals surface area contributed by atoms with Crippen LogP contribution in [0.1, 0.15) is 34.1 Å². The van der Waals surface area contributed by atoms with Gasteiger partial charge in [-0.1, -0.05) is 30.3 Å². The van der Waals surface area contributed by atoms with Gasteiger partial charge in [-0.2, -0.15) is 10.1 Å². The van der Waals surface area contributed by atoms with Crippen molar-refractivity contribution in [2.45, 2.75) is 32.3 Å². The number of sulfonamides is 1. The number of Topliss-reactive ketones (excluding diaryl/α,β-unsaturated/α-hetero) is 1. The van der Waals surface area contributed by atoms with Gasteiger partial charge in [0.25, 0.3) is 0 Å². The highest BCUT2D eigenvalue weighted by Crippen LogP contribution is 2.31. The highest BCUT2D eigenvalue weighted by molar-refractivity contribution is 7.89. The monoisotopic (exact) mass is 613 g/mol. The van der Waals surface area contributed by atoms with Crippen LogP contribution in [0, 0.1) is 13.8 Å². The smallest absolute Gasteiger partial charge is 0.421 e. The number of ether oxygens (including phenoxy) is 1. The standard InChI is InChI=1S/C31H31N7O5S/c1-19-6-11-25(17-28(19)44(32,41)42)38(31(40)43-18-22-7-9-23(10-8-22)21(3)39)30-33-15-14-29(34-30)36(4)24-12-13-26-20(2)37(5)35-27(26)16-24/h6-17H,18H2,1-5H3,(H2,32,41,42). The average molecular weight is 614 g/mol. The summed E-state index contributed by atoms with van der Waals surface area (Å²) in [4.78, 5) is 37.0. The second-order valence-electron chi connectivity index (χ2n) is 10.3. The molecule has 0 saturated heterocycles. The van der Waals surface area contributed by atoms with Crippen LogP contribution in [0.3, 0.4) is 0 Å². The van der Waals surface area contributed by atoms with Gasteiger partial charge in [-0.3, -0.25) is 9.48 Å². The first-order valence-electron chi connectivity index (χ1n) is 13.5. The zero-order valence-electron chi connectivity index (χ0n) is 24.8. The molecule has 5 rings (SSSR count). The van der Waals surface area contributed by atoms with E-state index in [9.17, 15) is 18.0 Å². The third-order valence-electron chi connectivity index (χ3n) is 7.32. The van der Waals surface area contributed by atoms with Gasteiger partial charge < -0.3 is 9.64 Å². The summed E-state index contributed by atoms with van der Waals surface area (Å²) in [6, 6.07) is 18.6. The van der Waals surface area contributed by atoms with Gasteiger partial charge in [0, 0.05) is 42.6 Å². The Morgan fingerprint density at radius 3 is 2.36 bits per heavy atom. The molecule has 12 nitrogen and oxygen atoms in total. The molecule has 0 saturated carbocycles. The molecule has 5 aromatic rings. The topological polar surface area (TPSA) is 154 Å². The minimum absolute atomic E-state index is 0.0507. The molecule has 2 aromatic heterocycles. The van der Waals surface area contributed by atoms with Gasteiger partial charge in [-0.25, -0.2) is 28.2 Å². The van der Waals surface area contributed by atoms with E-state index in [4.69, 9.17) is 9.88 Å². The highest BCUT2D eigenvalue weighted by atomic mass is 32.2. The van der Waals surface area contributed by atoms with E-state index in [0.29, 0.717) is 22.5 Å². The number of aromatic nitrogens is 4. The van der Waals surface area contributed by atoms with Crippen LogP contribution in [0.25, 0.3) is 10.9 Å². The Morgan fingerprint density at radius 1 is 0.977 bits per heavy atom. The molecular formula is C31H31N7O5S. The van der Waals surface area contributed by atoms with Gasteiger partial charge >= 0.3 is 6.09 Å². The molecule has 0 aliphatic carbocycles. The minimum atomic E-state index is -4.10. The number of nitrogens with two attached hydrogens (primary N) is 1. The molecule has 0 spiro atoms. The fourth-order valence-electron chi connectivity index (χ4n) is 4.68. The highest BCUT2D eigenvalue weighted by Gasteiger charge is 2.26. The van der Waals surface area contributed by atoms with E-state index in [1.54, 1.807) is 43.3 Å². The summed E-state index contributed by atoms with van der Waals surface area (Å²) in [6.07, 6.45) is 0.641. The largest absolute Gasteiger partial charge is 0.444 e. The Labute approximate surface area is 254 Å². The van der Waals surface area contributed by atoms with Crippen LogP contribution in [0.2, 0.25) is 0 Å². The van der Waals surface area contributed by atoms with Crippen molar-refractivity contribution in [1.29, 1.82) is 0 Å². The maximum absolute atomic E-state index is 13.6. The minimum Gasteiger partial charge on any atom is -0.444 e. The first-order chi connectivity index (χ1) is 20.8. The molecule has 2 N–H and O–H groups in total. The lowest BCUT2D eigenvalue weighted by Gasteiger charge is -2.24. The lowest BCUT2D eigenvalue weighted by molar-refractivity contribution is 0.101. The van der Waals surface area contributed by atoms with Crippen LogP contribution < -0.4 is 14.9 Å². The molecule has 2 heterocycles. The van der Waals surface area contributed by atoms with Gasteiger partial charge in [-0.15, -0.1) is 0 Å². The van der Waals surface area contributed by atoms with Gasteiger partial charge in [0.2, 0.25) is 16.0 Å². The summed E-state index contributed by atoms with van der Waals surface area (Å²) >= 11 is 0. The van der Waals surface area contributed by atoms with E-state index >= 15 is 0 Å². The number of hydrogen-bond acceptors (Lipinski definition) is 9. The van der Waals surface area contributed by atoms with Crippen molar-refractivity contribution in [2.75, 3.05) is 16.8 Å². The third-order valence-corrected chi connectivity index (χ3v) is 8.37. The molecule has 226 valence electrons. The van der Waals surface area contributed by atoms with Crippen molar-refractivity contribution in [3.8, 4) is 0 Å². The number of hydrogen-bond donors (Lipinski definition) is 1. The molecule has 1 amide bonds.